The zero-order valence-electron chi connectivity index (χ0n) is 17.8. The zero-order valence-corrected chi connectivity index (χ0v) is 20.1. The van der Waals surface area contributed by atoms with Gasteiger partial charge in [-0.25, -0.2) is 13.2 Å². The van der Waals surface area contributed by atoms with E-state index in [0.717, 1.165) is 6.07 Å². The molecule has 2 heterocycles. The van der Waals surface area contributed by atoms with Crippen LogP contribution >= 0.6 is 22.9 Å². The Balaban J connectivity index is 1.83. The maximum absolute atomic E-state index is 13.0. The average molecular weight is 548 g/mol. The van der Waals surface area contributed by atoms with Crippen molar-refractivity contribution in [1.82, 2.24) is 10.3 Å². The van der Waals surface area contributed by atoms with Crippen molar-refractivity contribution in [2.24, 2.45) is 0 Å². The van der Waals surface area contributed by atoms with Crippen LogP contribution in [-0.2, 0) is 27.4 Å². The molecule has 0 aliphatic heterocycles. The quantitative estimate of drug-likeness (QED) is 0.385. The fourth-order valence-electron chi connectivity index (χ4n) is 3.00. The molecule has 3 N–H and O–H groups in total. The highest BCUT2D eigenvalue weighted by atomic mass is 35.5. The van der Waals surface area contributed by atoms with Crippen molar-refractivity contribution in [3.63, 3.8) is 0 Å². The Bertz CT molecular complexity index is 1360. The van der Waals surface area contributed by atoms with Gasteiger partial charge in [-0.1, -0.05) is 17.7 Å². The number of carbonyl (C=O) groups excluding carboxylic acids is 1. The maximum atomic E-state index is 13.0. The lowest BCUT2D eigenvalue weighted by molar-refractivity contribution is -0.139. The van der Waals surface area contributed by atoms with Gasteiger partial charge >= 0.3 is 12.1 Å². The average Bonchev–Trinajstić information content (AvgIpc) is 3.17. The molecule has 1 atom stereocenters. The largest absolute Gasteiger partial charge is 0.480 e. The van der Waals surface area contributed by atoms with Crippen molar-refractivity contribution in [3.8, 4) is 0 Å². The molecule has 3 aromatic rings. The topological polar surface area (TPSA) is 125 Å². The monoisotopic (exact) mass is 547 g/mol. The van der Waals surface area contributed by atoms with Gasteiger partial charge in [-0.2, -0.15) is 13.2 Å². The van der Waals surface area contributed by atoms with Crippen molar-refractivity contribution < 1.29 is 36.3 Å². The molecule has 0 fully saturated rings. The normalized spacial score (nSPS) is 12.7. The maximum Gasteiger partial charge on any atom is 0.416 e. The summed E-state index contributed by atoms with van der Waals surface area (Å²) in [5, 5.41) is 11.5. The predicted molar refractivity (Wildman–Crippen MR) is 123 cm³/mol. The molecule has 8 nitrogen and oxygen atoms in total. The molecule has 0 unspecified atom stereocenters. The number of nitrogens with zero attached hydrogens (tertiary/aromatic N) is 1. The van der Waals surface area contributed by atoms with Gasteiger partial charge in [0.25, 0.3) is 15.9 Å². The number of hydrogen-bond acceptors (Lipinski definition) is 6. The van der Waals surface area contributed by atoms with E-state index in [1.54, 1.807) is 12.1 Å². The van der Waals surface area contributed by atoms with Crippen LogP contribution in [0.1, 0.15) is 26.4 Å². The molecule has 0 bridgehead atoms. The van der Waals surface area contributed by atoms with Gasteiger partial charge in [-0.05, 0) is 48.4 Å². The first kappa shape index (κ1) is 26.4. The highest BCUT2D eigenvalue weighted by Crippen LogP contribution is 2.36. The molecule has 0 radical (unpaired) electrons. The molecule has 0 aliphatic rings. The van der Waals surface area contributed by atoms with Crippen LogP contribution in [-0.4, -0.2) is 36.4 Å². The number of alkyl halides is 3. The van der Waals surface area contributed by atoms with Crippen molar-refractivity contribution in [2.75, 3.05) is 4.72 Å². The second-order valence-corrected chi connectivity index (χ2v) is 10.6. The summed E-state index contributed by atoms with van der Waals surface area (Å²) in [7, 11) is -4.42. The van der Waals surface area contributed by atoms with E-state index in [1.165, 1.54) is 25.4 Å². The SMILES string of the molecule is Cc1cc(C(=O)N[C@H](Cc2cccnc2)C(=O)O)sc1S(=O)(=O)Nc1cc(C(F)(F)F)ccc1Cl. The van der Waals surface area contributed by atoms with Gasteiger partial charge in [0.15, 0.2) is 0 Å². The Morgan fingerprint density at radius 1 is 1.23 bits per heavy atom. The molecule has 35 heavy (non-hydrogen) atoms. The number of aliphatic carboxylic acids is 1. The molecule has 1 aromatic carbocycles. The summed E-state index contributed by atoms with van der Waals surface area (Å²) in [6.07, 6.45) is -1.81. The van der Waals surface area contributed by atoms with E-state index in [9.17, 15) is 36.3 Å². The Morgan fingerprint density at radius 3 is 2.54 bits per heavy atom. The lowest BCUT2D eigenvalue weighted by Crippen LogP contribution is -2.42. The van der Waals surface area contributed by atoms with Crippen LogP contribution in [0, 0.1) is 6.92 Å². The fraction of sp³-hybridized carbons (Fsp3) is 0.190. The number of rotatable bonds is 8. The number of aryl methyl sites for hydroxylation is 1. The molecule has 0 aliphatic carbocycles. The highest BCUT2D eigenvalue weighted by molar-refractivity contribution is 7.94. The number of nitrogens with one attached hydrogen (secondary N) is 2. The minimum absolute atomic E-state index is 0.0555. The Labute approximate surface area is 206 Å². The Morgan fingerprint density at radius 2 is 1.94 bits per heavy atom. The number of hydrogen-bond donors (Lipinski definition) is 3. The molecule has 0 saturated carbocycles. The highest BCUT2D eigenvalue weighted by Gasteiger charge is 2.32. The van der Waals surface area contributed by atoms with Gasteiger partial charge in [0, 0.05) is 18.8 Å². The van der Waals surface area contributed by atoms with Crippen LogP contribution in [0.25, 0.3) is 0 Å². The summed E-state index contributed by atoms with van der Waals surface area (Å²) < 4.78 is 66.4. The number of sulfonamides is 1. The minimum Gasteiger partial charge on any atom is -0.480 e. The van der Waals surface area contributed by atoms with E-state index in [2.05, 4.69) is 10.3 Å². The first-order chi connectivity index (χ1) is 16.3. The van der Waals surface area contributed by atoms with Crippen LogP contribution in [0.5, 0.6) is 0 Å². The number of thiophene rings is 1. The van der Waals surface area contributed by atoms with E-state index in [4.69, 9.17) is 11.6 Å². The van der Waals surface area contributed by atoms with Gasteiger partial charge < -0.3 is 10.4 Å². The van der Waals surface area contributed by atoms with Gasteiger partial charge in [0.2, 0.25) is 0 Å². The summed E-state index contributed by atoms with van der Waals surface area (Å²) in [6.45, 7) is 1.39. The lowest BCUT2D eigenvalue weighted by Gasteiger charge is -2.14. The van der Waals surface area contributed by atoms with E-state index in [-0.39, 0.29) is 26.1 Å². The summed E-state index contributed by atoms with van der Waals surface area (Å²) in [4.78, 5) is 28.1. The van der Waals surface area contributed by atoms with Crippen molar-refractivity contribution in [2.45, 2.75) is 29.8 Å². The molecule has 0 spiro atoms. The second kappa shape index (κ2) is 10.2. The summed E-state index contributed by atoms with van der Waals surface area (Å²) >= 11 is 6.41. The van der Waals surface area contributed by atoms with Crippen LogP contribution < -0.4 is 10.0 Å². The Kier molecular flexibility index (Phi) is 7.72. The third kappa shape index (κ3) is 6.50. The smallest absolute Gasteiger partial charge is 0.416 e. The molecular weight excluding hydrogens is 531 g/mol. The van der Waals surface area contributed by atoms with Crippen molar-refractivity contribution in [3.05, 3.63) is 75.4 Å². The third-order valence-electron chi connectivity index (χ3n) is 4.64. The van der Waals surface area contributed by atoms with Gasteiger partial charge in [-0.3, -0.25) is 14.5 Å². The Hall–Kier alpha value is -3.16. The van der Waals surface area contributed by atoms with E-state index in [1.807, 2.05) is 4.72 Å². The zero-order chi connectivity index (χ0) is 26.0. The molecule has 1 amide bonds. The fourth-order valence-corrected chi connectivity index (χ4v) is 5.89. The molecule has 186 valence electrons. The van der Waals surface area contributed by atoms with Crippen LogP contribution in [0.15, 0.2) is 53.0 Å². The molecular formula is C21H17ClF3N3O5S2. The van der Waals surface area contributed by atoms with Crippen molar-refractivity contribution in [1.29, 1.82) is 0 Å². The number of benzene rings is 1. The molecule has 2 aromatic heterocycles. The summed E-state index contributed by atoms with van der Waals surface area (Å²) in [6, 6.07) is 5.37. The van der Waals surface area contributed by atoms with Gasteiger partial charge in [0.1, 0.15) is 10.3 Å². The number of carboxylic acids is 1. The number of aromatic nitrogens is 1. The number of carboxylic acid groups (broad SMARTS) is 1. The first-order valence-electron chi connectivity index (χ1n) is 9.70. The first-order valence-corrected chi connectivity index (χ1v) is 12.4. The lowest BCUT2D eigenvalue weighted by atomic mass is 10.1. The number of carbonyl (C=O) groups is 2. The number of pyridine rings is 1. The van der Waals surface area contributed by atoms with E-state index < -0.39 is 45.4 Å². The third-order valence-corrected chi connectivity index (χ3v) is 8.21. The van der Waals surface area contributed by atoms with Gasteiger partial charge in [-0.15, -0.1) is 11.3 Å². The second-order valence-electron chi connectivity index (χ2n) is 7.31. The molecule has 14 heteroatoms. The van der Waals surface area contributed by atoms with Crippen molar-refractivity contribution >= 4 is 50.5 Å². The van der Waals surface area contributed by atoms with Crippen LogP contribution in [0.3, 0.4) is 0 Å². The van der Waals surface area contributed by atoms with E-state index in [0.29, 0.717) is 29.0 Å². The minimum atomic E-state index is -4.72. The number of halogens is 4. The molecule has 0 saturated heterocycles. The molecule has 3 rings (SSSR count). The summed E-state index contributed by atoms with van der Waals surface area (Å²) in [5.41, 5.74) is -0.888. The van der Waals surface area contributed by atoms with E-state index >= 15 is 0 Å². The van der Waals surface area contributed by atoms with Crippen LogP contribution in [0.2, 0.25) is 5.02 Å². The standard InChI is InChI=1S/C21H17ClF3N3O5S2/c1-11-7-17(18(29)27-16(19(30)31)8-12-3-2-6-26-10-12)34-20(11)35(32,33)28-15-9-13(21(23,24)25)4-5-14(15)22/h2-7,9-10,16,28H,8H2,1H3,(H,27,29)(H,30,31)/t16-/m1/s1. The number of amides is 1. The van der Waals surface area contributed by atoms with Gasteiger partial charge in [0.05, 0.1) is 21.2 Å². The summed E-state index contributed by atoms with van der Waals surface area (Å²) in [5.74, 6) is -2.13. The van der Waals surface area contributed by atoms with Crippen LogP contribution in [0.4, 0.5) is 18.9 Å². The predicted octanol–water partition coefficient (Wildman–Crippen LogP) is 4.35. The number of anilines is 1.